The summed E-state index contributed by atoms with van der Waals surface area (Å²) in [6.45, 7) is 5.95. The van der Waals surface area contributed by atoms with Gasteiger partial charge in [-0.25, -0.2) is 0 Å². The van der Waals surface area contributed by atoms with Crippen molar-refractivity contribution in [1.29, 1.82) is 0 Å². The van der Waals surface area contributed by atoms with Crippen molar-refractivity contribution in [2.45, 2.75) is 44.3 Å². The van der Waals surface area contributed by atoms with E-state index in [1.807, 2.05) is 6.92 Å². The molecule has 0 aliphatic carbocycles. The fraction of sp³-hybridized carbons (Fsp3) is 0.346. The molecule has 3 heterocycles. The minimum absolute atomic E-state index is 0.0467. The lowest BCUT2D eigenvalue weighted by Crippen LogP contribution is -2.52. The molecule has 176 valence electrons. The molecule has 34 heavy (non-hydrogen) atoms. The van der Waals surface area contributed by atoms with Crippen molar-refractivity contribution in [2.24, 2.45) is 0 Å². The van der Waals surface area contributed by atoms with Crippen molar-refractivity contribution in [3.8, 4) is 0 Å². The summed E-state index contributed by atoms with van der Waals surface area (Å²) in [7, 11) is 0. The van der Waals surface area contributed by atoms with E-state index in [2.05, 4.69) is 16.9 Å². The van der Waals surface area contributed by atoms with Crippen LogP contribution in [0, 0.1) is 0 Å². The molecule has 0 radical (unpaired) electrons. The van der Waals surface area contributed by atoms with Gasteiger partial charge >= 0.3 is 0 Å². The lowest BCUT2D eigenvalue weighted by Gasteiger charge is -2.28. The van der Waals surface area contributed by atoms with E-state index in [1.165, 1.54) is 11.1 Å². The third-order valence-electron chi connectivity index (χ3n) is 6.44. The molecular weight excluding hydrogens is 432 g/mol. The number of hydrogen-bond donors (Lipinski definition) is 1. The minimum atomic E-state index is -0.747. The molecule has 8 heteroatoms. The molecular formula is C26H28N4O4. The predicted molar refractivity (Wildman–Crippen MR) is 127 cm³/mol. The van der Waals surface area contributed by atoms with Crippen LogP contribution in [0.3, 0.4) is 0 Å². The number of fused-ring (bicyclic) bond motifs is 1. The number of nitrogens with zero attached hydrogens (tertiary/aromatic N) is 3. The Bertz CT molecular complexity index is 1100. The summed E-state index contributed by atoms with van der Waals surface area (Å²) in [4.78, 5) is 59.3. The number of ketones is 1. The minimum Gasteiger partial charge on any atom is -0.340 e. The Morgan fingerprint density at radius 1 is 1.18 bits per heavy atom. The van der Waals surface area contributed by atoms with Crippen LogP contribution in [0.4, 0.5) is 0 Å². The molecule has 1 N–H and O–H groups in total. The van der Waals surface area contributed by atoms with Crippen LogP contribution in [0.2, 0.25) is 0 Å². The largest absolute Gasteiger partial charge is 0.340 e. The van der Waals surface area contributed by atoms with Gasteiger partial charge in [0, 0.05) is 18.3 Å². The maximum atomic E-state index is 13.5. The van der Waals surface area contributed by atoms with Crippen LogP contribution in [0.25, 0.3) is 6.08 Å². The fourth-order valence-electron chi connectivity index (χ4n) is 4.73. The first-order valence-electron chi connectivity index (χ1n) is 11.5. The summed E-state index contributed by atoms with van der Waals surface area (Å²) in [6, 6.07) is 10.2. The number of pyridine rings is 1. The molecule has 3 unspecified atom stereocenters. The van der Waals surface area contributed by atoms with E-state index in [1.54, 1.807) is 53.4 Å². The number of carbonyl (C=O) groups excluding carboxylic acids is 4. The van der Waals surface area contributed by atoms with Crippen LogP contribution < -0.4 is 5.32 Å². The second-order valence-electron chi connectivity index (χ2n) is 8.59. The van der Waals surface area contributed by atoms with Crippen LogP contribution in [-0.2, 0) is 9.59 Å². The first-order chi connectivity index (χ1) is 16.4. The van der Waals surface area contributed by atoms with Gasteiger partial charge in [0.25, 0.3) is 11.8 Å². The Hall–Kier alpha value is -3.81. The predicted octanol–water partition coefficient (Wildman–Crippen LogP) is 2.32. The van der Waals surface area contributed by atoms with Gasteiger partial charge < -0.3 is 15.1 Å². The van der Waals surface area contributed by atoms with Crippen molar-refractivity contribution in [3.05, 3.63) is 72.1 Å². The maximum Gasteiger partial charge on any atom is 0.273 e. The van der Waals surface area contributed by atoms with E-state index in [4.69, 9.17) is 0 Å². The van der Waals surface area contributed by atoms with Gasteiger partial charge in [0.1, 0.15) is 17.8 Å². The normalized spacial score (nSPS) is 20.1. The van der Waals surface area contributed by atoms with Crippen molar-refractivity contribution < 1.29 is 19.2 Å². The Balaban J connectivity index is 1.48. The molecule has 2 aliphatic heterocycles. The molecule has 1 aromatic heterocycles. The molecule has 1 aromatic carbocycles. The molecule has 0 saturated carbocycles. The zero-order valence-corrected chi connectivity index (χ0v) is 19.1. The number of hydrogen-bond acceptors (Lipinski definition) is 5. The number of Topliss-reactive ketones (excluding diaryl/α,β-unsaturated/α-hetero) is 1. The van der Waals surface area contributed by atoms with E-state index < -0.39 is 12.1 Å². The number of amides is 3. The second-order valence-corrected chi connectivity index (χ2v) is 8.59. The number of likely N-dealkylation sites (tertiary alicyclic amines) is 2. The first kappa shape index (κ1) is 23.4. The molecule has 2 aromatic rings. The van der Waals surface area contributed by atoms with Crippen molar-refractivity contribution in [2.75, 3.05) is 13.1 Å². The Labute approximate surface area is 198 Å². The number of carbonyl (C=O) groups is 4. The van der Waals surface area contributed by atoms with Crippen LogP contribution in [0.1, 0.15) is 52.6 Å². The van der Waals surface area contributed by atoms with Crippen LogP contribution >= 0.6 is 0 Å². The van der Waals surface area contributed by atoms with E-state index in [9.17, 15) is 19.2 Å². The van der Waals surface area contributed by atoms with Gasteiger partial charge in [0.15, 0.2) is 5.78 Å². The zero-order valence-electron chi connectivity index (χ0n) is 19.1. The average molecular weight is 461 g/mol. The highest BCUT2D eigenvalue weighted by Crippen LogP contribution is 2.31. The fourth-order valence-corrected chi connectivity index (χ4v) is 4.73. The Morgan fingerprint density at radius 2 is 1.94 bits per heavy atom. The highest BCUT2D eigenvalue weighted by atomic mass is 16.2. The SMILES string of the molecule is C=Cc1ccc(C(=O)NC(CCC)C(=O)N2CCC3C2C(=O)CN3C(=O)c2ccccn2)cc1. The van der Waals surface area contributed by atoms with E-state index in [0.29, 0.717) is 31.4 Å². The summed E-state index contributed by atoms with van der Waals surface area (Å²) in [6.07, 6.45) is 4.88. The summed E-state index contributed by atoms with van der Waals surface area (Å²) in [5.74, 6) is -1.10. The third kappa shape index (κ3) is 4.48. The summed E-state index contributed by atoms with van der Waals surface area (Å²) < 4.78 is 0. The number of nitrogens with one attached hydrogen (secondary N) is 1. The molecule has 0 spiro atoms. The van der Waals surface area contributed by atoms with Gasteiger partial charge in [-0.15, -0.1) is 0 Å². The second kappa shape index (κ2) is 9.99. The lowest BCUT2D eigenvalue weighted by molar-refractivity contribution is -0.138. The smallest absolute Gasteiger partial charge is 0.273 e. The molecule has 4 rings (SSSR count). The highest BCUT2D eigenvalue weighted by Gasteiger charge is 2.52. The standard InChI is InChI=1S/C26H28N4O4/c1-3-7-20(28-24(32)18-11-9-17(4-2)10-12-18)26(34)29-15-13-21-23(29)22(31)16-30(21)25(33)19-8-5-6-14-27-19/h4-6,8-12,14,20-21,23H,2-3,7,13,15-16H2,1H3,(H,28,32). The first-order valence-corrected chi connectivity index (χ1v) is 11.5. The van der Waals surface area contributed by atoms with Gasteiger partial charge in [0.05, 0.1) is 12.6 Å². The molecule has 2 saturated heterocycles. The number of aromatic nitrogens is 1. The Morgan fingerprint density at radius 3 is 2.59 bits per heavy atom. The summed E-state index contributed by atoms with van der Waals surface area (Å²) >= 11 is 0. The van der Waals surface area contributed by atoms with Crippen LogP contribution in [-0.4, -0.2) is 69.5 Å². The van der Waals surface area contributed by atoms with E-state index >= 15 is 0 Å². The maximum absolute atomic E-state index is 13.5. The van der Waals surface area contributed by atoms with Crippen molar-refractivity contribution in [3.63, 3.8) is 0 Å². The van der Waals surface area contributed by atoms with E-state index in [-0.39, 0.29) is 41.8 Å². The molecule has 2 aliphatic rings. The zero-order chi connectivity index (χ0) is 24.2. The summed E-state index contributed by atoms with van der Waals surface area (Å²) in [5.41, 5.74) is 1.62. The van der Waals surface area contributed by atoms with Gasteiger partial charge in [-0.1, -0.05) is 44.2 Å². The molecule has 0 bridgehead atoms. The monoisotopic (exact) mass is 460 g/mol. The number of rotatable bonds is 7. The van der Waals surface area contributed by atoms with Gasteiger partial charge in [0.2, 0.25) is 5.91 Å². The molecule has 3 amide bonds. The Kier molecular flexibility index (Phi) is 6.86. The van der Waals surface area contributed by atoms with E-state index in [0.717, 1.165) is 5.56 Å². The number of benzene rings is 1. The summed E-state index contributed by atoms with van der Waals surface area (Å²) in [5, 5.41) is 2.85. The van der Waals surface area contributed by atoms with Gasteiger partial charge in [-0.2, -0.15) is 0 Å². The third-order valence-corrected chi connectivity index (χ3v) is 6.44. The van der Waals surface area contributed by atoms with Crippen molar-refractivity contribution >= 4 is 29.6 Å². The lowest BCUT2D eigenvalue weighted by atomic mass is 10.1. The van der Waals surface area contributed by atoms with Gasteiger partial charge in [-0.05, 0) is 42.7 Å². The highest BCUT2D eigenvalue weighted by molar-refractivity contribution is 6.03. The van der Waals surface area contributed by atoms with Crippen LogP contribution in [0.5, 0.6) is 0 Å². The molecule has 3 atom stereocenters. The molecule has 2 fully saturated rings. The van der Waals surface area contributed by atoms with Crippen LogP contribution in [0.15, 0.2) is 55.2 Å². The average Bonchev–Trinajstić information content (AvgIpc) is 3.44. The van der Waals surface area contributed by atoms with Crippen molar-refractivity contribution in [1.82, 2.24) is 20.1 Å². The topological polar surface area (TPSA) is 99.7 Å². The molecule has 8 nitrogen and oxygen atoms in total. The quantitative estimate of drug-likeness (QED) is 0.684. The van der Waals surface area contributed by atoms with Gasteiger partial charge in [-0.3, -0.25) is 24.2 Å².